The number of benzene rings is 9. The number of thiophene rings is 2. The molecule has 0 aliphatic rings. The molecule has 0 bridgehead atoms. The van der Waals surface area contributed by atoms with Gasteiger partial charge in [0.05, 0.1) is 0 Å². The molecule has 9 aromatic carbocycles. The fourth-order valence-electron chi connectivity index (χ4n) is 8.68. The van der Waals surface area contributed by atoms with Crippen LogP contribution in [0.5, 0.6) is 0 Å². The van der Waals surface area contributed by atoms with E-state index >= 15 is 0 Å². The first-order valence-electron chi connectivity index (χ1n) is 17.7. The van der Waals surface area contributed by atoms with E-state index in [1.54, 1.807) is 11.3 Å². The molecule has 0 aliphatic carbocycles. The van der Waals surface area contributed by atoms with E-state index in [0.717, 1.165) is 0 Å². The van der Waals surface area contributed by atoms with Crippen LogP contribution in [-0.4, -0.2) is 0 Å². The molecule has 11 rings (SSSR count). The monoisotopic (exact) mass is 694 g/mol. The molecule has 0 fully saturated rings. The van der Waals surface area contributed by atoms with E-state index in [9.17, 15) is 0 Å². The van der Waals surface area contributed by atoms with Gasteiger partial charge >= 0.3 is 0 Å². The Morgan fingerprint density at radius 2 is 0.808 bits per heavy atom. The minimum atomic E-state index is 1.25. The number of hydrogen-bond donors (Lipinski definition) is 0. The van der Waals surface area contributed by atoms with Gasteiger partial charge in [-0.2, -0.15) is 11.3 Å². The largest absolute Gasteiger partial charge is 0.152 e. The summed E-state index contributed by atoms with van der Waals surface area (Å²) < 4.78 is 2.62. The standard InChI is InChI=1S/C50H30S2/c1-2-13-31(14-3-1)46-38-19-8-10-21-40(38)49(41-22-11-9-20-39(41)46)43-23-12-24-44-50(43)42-26-25-32(29-45(42)52-44)47-34-15-4-6-17-36(34)48(33-27-28-51-30-33)37-18-7-5-16-35(37)47/h1-30H. The molecule has 2 aromatic heterocycles. The maximum atomic E-state index is 2.44. The van der Waals surface area contributed by atoms with Gasteiger partial charge in [0.25, 0.3) is 0 Å². The third-order valence-electron chi connectivity index (χ3n) is 10.8. The van der Waals surface area contributed by atoms with Crippen LogP contribution in [0.2, 0.25) is 0 Å². The molecule has 242 valence electrons. The van der Waals surface area contributed by atoms with Crippen LogP contribution in [-0.2, 0) is 0 Å². The van der Waals surface area contributed by atoms with Crippen LogP contribution in [0.1, 0.15) is 0 Å². The van der Waals surface area contributed by atoms with Crippen molar-refractivity contribution in [3.8, 4) is 44.5 Å². The second kappa shape index (κ2) is 11.7. The SMILES string of the molecule is c1ccc(-c2c3ccccc3c(-c3cccc4sc5cc(-c6c7ccccc7c(-c7ccsc7)c7ccccc67)ccc5c34)c3ccccc23)cc1. The van der Waals surface area contributed by atoms with Gasteiger partial charge in [-0.15, -0.1) is 11.3 Å². The van der Waals surface area contributed by atoms with E-state index in [4.69, 9.17) is 0 Å². The Hall–Kier alpha value is -6.06. The molecule has 0 saturated carbocycles. The van der Waals surface area contributed by atoms with Gasteiger partial charge in [-0.3, -0.25) is 0 Å². The Morgan fingerprint density at radius 3 is 1.35 bits per heavy atom. The molecule has 2 heterocycles. The number of rotatable bonds is 4. The van der Waals surface area contributed by atoms with Crippen LogP contribution in [0, 0.1) is 0 Å². The van der Waals surface area contributed by atoms with Crippen molar-refractivity contribution >= 4 is 85.9 Å². The first kappa shape index (κ1) is 29.6. The van der Waals surface area contributed by atoms with Gasteiger partial charge < -0.3 is 0 Å². The zero-order chi connectivity index (χ0) is 34.2. The van der Waals surface area contributed by atoms with Gasteiger partial charge in [0.1, 0.15) is 0 Å². The van der Waals surface area contributed by atoms with Gasteiger partial charge in [0.2, 0.25) is 0 Å². The van der Waals surface area contributed by atoms with Crippen molar-refractivity contribution in [2.45, 2.75) is 0 Å². The minimum Gasteiger partial charge on any atom is -0.152 e. The van der Waals surface area contributed by atoms with Crippen molar-refractivity contribution in [1.82, 2.24) is 0 Å². The van der Waals surface area contributed by atoms with Crippen LogP contribution in [0.25, 0.3) is 108 Å². The predicted octanol–water partition coefficient (Wildman–Crippen LogP) is 15.4. The Labute approximate surface area is 309 Å². The second-order valence-corrected chi connectivity index (χ2v) is 15.4. The molecule has 0 unspecified atom stereocenters. The molecular weight excluding hydrogens is 665 g/mol. The van der Waals surface area contributed by atoms with Crippen molar-refractivity contribution in [1.29, 1.82) is 0 Å². The molecule has 11 aromatic rings. The molecule has 0 atom stereocenters. The zero-order valence-electron chi connectivity index (χ0n) is 28.1. The molecule has 0 amide bonds. The Kier molecular flexibility index (Phi) is 6.70. The molecule has 0 saturated heterocycles. The molecule has 2 heteroatoms. The smallest absolute Gasteiger partial charge is 0.0361 e. The predicted molar refractivity (Wildman–Crippen MR) is 229 cm³/mol. The van der Waals surface area contributed by atoms with E-state index in [1.165, 1.54) is 108 Å². The molecule has 0 N–H and O–H groups in total. The average Bonchev–Trinajstić information content (AvgIpc) is 3.87. The maximum absolute atomic E-state index is 2.44. The Bertz CT molecular complexity index is 3050. The summed E-state index contributed by atoms with van der Waals surface area (Å²) in [6.45, 7) is 0. The summed E-state index contributed by atoms with van der Waals surface area (Å²) in [7, 11) is 0. The summed E-state index contributed by atoms with van der Waals surface area (Å²) in [4.78, 5) is 0. The fraction of sp³-hybridized carbons (Fsp3) is 0. The summed E-state index contributed by atoms with van der Waals surface area (Å²) >= 11 is 3.66. The van der Waals surface area contributed by atoms with Gasteiger partial charge in [-0.25, -0.2) is 0 Å². The first-order chi connectivity index (χ1) is 25.8. The van der Waals surface area contributed by atoms with Crippen LogP contribution >= 0.6 is 22.7 Å². The maximum Gasteiger partial charge on any atom is 0.0361 e. The quantitative estimate of drug-likeness (QED) is 0.161. The Morgan fingerprint density at radius 1 is 0.308 bits per heavy atom. The topological polar surface area (TPSA) is 0 Å². The van der Waals surface area contributed by atoms with Gasteiger partial charge in [0, 0.05) is 20.2 Å². The molecule has 0 aliphatic heterocycles. The second-order valence-electron chi connectivity index (χ2n) is 13.6. The van der Waals surface area contributed by atoms with Crippen molar-refractivity contribution in [3.63, 3.8) is 0 Å². The van der Waals surface area contributed by atoms with Gasteiger partial charge in [0.15, 0.2) is 0 Å². The highest BCUT2D eigenvalue weighted by Crippen LogP contribution is 2.49. The number of fused-ring (bicyclic) bond motifs is 7. The minimum absolute atomic E-state index is 1.25. The van der Waals surface area contributed by atoms with Crippen LogP contribution < -0.4 is 0 Å². The van der Waals surface area contributed by atoms with Crippen LogP contribution in [0.15, 0.2) is 181 Å². The zero-order valence-corrected chi connectivity index (χ0v) is 29.8. The first-order valence-corrected chi connectivity index (χ1v) is 19.5. The summed E-state index contributed by atoms with van der Waals surface area (Å²) in [6.07, 6.45) is 0. The molecule has 0 radical (unpaired) electrons. The van der Waals surface area contributed by atoms with E-state index in [0.29, 0.717) is 0 Å². The summed E-state index contributed by atoms with van der Waals surface area (Å²) in [6, 6.07) is 63.0. The Balaban J connectivity index is 1.19. The lowest BCUT2D eigenvalue weighted by Crippen LogP contribution is -1.91. The van der Waals surface area contributed by atoms with E-state index < -0.39 is 0 Å². The number of hydrogen-bond acceptors (Lipinski definition) is 2. The lowest BCUT2D eigenvalue weighted by Gasteiger charge is -2.18. The van der Waals surface area contributed by atoms with Gasteiger partial charge in [-0.05, 0) is 117 Å². The molecular formula is C50H30S2. The van der Waals surface area contributed by atoms with Crippen molar-refractivity contribution in [2.24, 2.45) is 0 Å². The molecule has 52 heavy (non-hydrogen) atoms. The lowest BCUT2D eigenvalue weighted by molar-refractivity contribution is 1.67. The van der Waals surface area contributed by atoms with Crippen LogP contribution in [0.3, 0.4) is 0 Å². The average molecular weight is 695 g/mol. The lowest BCUT2D eigenvalue weighted by atomic mass is 9.84. The summed E-state index contributed by atoms with van der Waals surface area (Å²) in [5.74, 6) is 0. The highest BCUT2D eigenvalue weighted by atomic mass is 32.1. The highest BCUT2D eigenvalue weighted by Gasteiger charge is 2.21. The van der Waals surface area contributed by atoms with Crippen molar-refractivity contribution < 1.29 is 0 Å². The molecule has 0 nitrogen and oxygen atoms in total. The van der Waals surface area contributed by atoms with E-state index in [-0.39, 0.29) is 0 Å². The van der Waals surface area contributed by atoms with E-state index in [1.807, 2.05) is 11.3 Å². The highest BCUT2D eigenvalue weighted by molar-refractivity contribution is 7.26. The third-order valence-corrected chi connectivity index (χ3v) is 12.6. The van der Waals surface area contributed by atoms with Crippen molar-refractivity contribution in [2.75, 3.05) is 0 Å². The normalized spacial score (nSPS) is 11.8. The fourth-order valence-corrected chi connectivity index (χ4v) is 10.5. The van der Waals surface area contributed by atoms with Crippen LogP contribution in [0.4, 0.5) is 0 Å². The van der Waals surface area contributed by atoms with Gasteiger partial charge in [-0.1, -0.05) is 152 Å². The van der Waals surface area contributed by atoms with Crippen molar-refractivity contribution in [3.05, 3.63) is 181 Å². The molecule has 0 spiro atoms. The summed E-state index contributed by atoms with van der Waals surface area (Å²) in [5, 5.41) is 17.4. The van der Waals surface area contributed by atoms with E-state index in [2.05, 4.69) is 181 Å². The summed E-state index contributed by atoms with van der Waals surface area (Å²) in [5.41, 5.74) is 10.3. The third kappa shape index (κ3) is 4.38.